The Labute approximate surface area is 183 Å². The molecule has 2 aromatic carbocycles. The minimum Gasteiger partial charge on any atom is -0.497 e. The summed E-state index contributed by atoms with van der Waals surface area (Å²) in [6.45, 7) is 0. The molecule has 0 spiro atoms. The summed E-state index contributed by atoms with van der Waals surface area (Å²) in [6, 6.07) is 15.2. The number of thiophene rings is 1. The number of hydrogen-bond acceptors (Lipinski definition) is 7. The third-order valence-corrected chi connectivity index (χ3v) is 6.98. The average Bonchev–Trinajstić information content (AvgIpc) is 3.40. The zero-order valence-corrected chi connectivity index (χ0v) is 17.7. The van der Waals surface area contributed by atoms with Crippen LogP contribution in [0.15, 0.2) is 66.1 Å². The number of pyridine rings is 1. The molecular weight excluding hydrogens is 410 g/mol. The molecular formula is C24H21N3O3S. The van der Waals surface area contributed by atoms with Crippen LogP contribution in [0.5, 0.6) is 5.75 Å². The maximum atomic E-state index is 11.2. The van der Waals surface area contributed by atoms with Crippen LogP contribution >= 0.6 is 11.3 Å². The van der Waals surface area contributed by atoms with Gasteiger partial charge in [0.15, 0.2) is 0 Å². The monoisotopic (exact) mass is 431 g/mol. The van der Waals surface area contributed by atoms with Crippen LogP contribution in [-0.2, 0) is 6.42 Å². The molecule has 31 heavy (non-hydrogen) atoms. The van der Waals surface area contributed by atoms with Gasteiger partial charge in [-0.3, -0.25) is 4.98 Å². The van der Waals surface area contributed by atoms with E-state index in [-0.39, 0.29) is 6.04 Å². The highest BCUT2D eigenvalue weighted by Gasteiger charge is 2.24. The van der Waals surface area contributed by atoms with E-state index in [1.54, 1.807) is 13.3 Å². The van der Waals surface area contributed by atoms with Gasteiger partial charge in [-0.1, -0.05) is 23.4 Å². The molecule has 6 nitrogen and oxygen atoms in total. The van der Waals surface area contributed by atoms with Gasteiger partial charge in [0.25, 0.3) is 0 Å². The number of aryl methyl sites for hydroxylation is 1. The molecule has 2 unspecified atom stereocenters. The normalized spacial score (nSPS) is 16.1. The summed E-state index contributed by atoms with van der Waals surface area (Å²) in [5.41, 5.74) is 4.74. The van der Waals surface area contributed by atoms with Crippen molar-refractivity contribution in [3.8, 4) is 5.75 Å². The summed E-state index contributed by atoms with van der Waals surface area (Å²) in [5.74, 6) is 0.746. The number of nitroso groups, excluding NO2 is 1. The van der Waals surface area contributed by atoms with E-state index in [1.807, 2.05) is 48.7 Å². The lowest BCUT2D eigenvalue weighted by atomic mass is 10.0. The summed E-state index contributed by atoms with van der Waals surface area (Å²) < 4.78 is 6.23. The number of aliphatic hydroxyl groups is 1. The SMILES string of the molecule is COc1ccc(C(O)c2sc3cnccc3c2Nc2ccc3c(c2)CCC3N=O)cc1. The van der Waals surface area contributed by atoms with Crippen LogP contribution in [-0.4, -0.2) is 17.2 Å². The highest BCUT2D eigenvalue weighted by atomic mass is 32.1. The number of aromatic nitrogens is 1. The molecule has 2 aromatic heterocycles. The zero-order valence-electron chi connectivity index (χ0n) is 16.9. The number of methoxy groups -OCH3 is 1. The maximum Gasteiger partial charge on any atom is 0.118 e. The van der Waals surface area contributed by atoms with Gasteiger partial charge >= 0.3 is 0 Å². The van der Waals surface area contributed by atoms with Crippen molar-refractivity contribution >= 4 is 32.8 Å². The molecule has 1 aliphatic rings. The van der Waals surface area contributed by atoms with E-state index in [2.05, 4.69) is 21.5 Å². The van der Waals surface area contributed by atoms with Crippen molar-refractivity contribution in [1.82, 2.24) is 4.98 Å². The molecule has 0 aliphatic heterocycles. The van der Waals surface area contributed by atoms with Crippen LogP contribution in [0, 0.1) is 4.91 Å². The predicted molar refractivity (Wildman–Crippen MR) is 123 cm³/mol. The molecule has 0 amide bonds. The minimum absolute atomic E-state index is 0.246. The van der Waals surface area contributed by atoms with E-state index < -0.39 is 6.10 Å². The van der Waals surface area contributed by atoms with Gasteiger partial charge < -0.3 is 15.2 Å². The smallest absolute Gasteiger partial charge is 0.118 e. The number of benzene rings is 2. The number of nitrogens with one attached hydrogen (secondary N) is 1. The van der Waals surface area contributed by atoms with Gasteiger partial charge in [-0.2, -0.15) is 4.91 Å². The van der Waals surface area contributed by atoms with Gasteiger partial charge in [-0.25, -0.2) is 0 Å². The summed E-state index contributed by atoms with van der Waals surface area (Å²) in [6.07, 6.45) is 4.39. The van der Waals surface area contributed by atoms with Crippen molar-refractivity contribution in [2.75, 3.05) is 12.4 Å². The fourth-order valence-electron chi connectivity index (χ4n) is 4.16. The Morgan fingerprint density at radius 2 is 2.06 bits per heavy atom. The van der Waals surface area contributed by atoms with Crippen molar-refractivity contribution < 1.29 is 9.84 Å². The molecule has 0 radical (unpaired) electrons. The number of ether oxygens (including phenoxy) is 1. The van der Waals surface area contributed by atoms with Gasteiger partial charge in [0.05, 0.1) is 22.4 Å². The molecule has 0 saturated heterocycles. The first-order valence-electron chi connectivity index (χ1n) is 10.1. The largest absolute Gasteiger partial charge is 0.497 e. The Hall–Kier alpha value is -3.29. The van der Waals surface area contributed by atoms with Gasteiger partial charge in [-0.05, 0) is 59.9 Å². The lowest BCUT2D eigenvalue weighted by Crippen LogP contribution is -2.01. The molecule has 2 atom stereocenters. The summed E-state index contributed by atoms with van der Waals surface area (Å²) in [5, 5.41) is 19.0. The second-order valence-corrected chi connectivity index (χ2v) is 8.67. The molecule has 4 aromatic rings. The number of anilines is 2. The van der Waals surface area contributed by atoms with E-state index in [9.17, 15) is 10.0 Å². The molecule has 1 aliphatic carbocycles. The first-order valence-corrected chi connectivity index (χ1v) is 10.9. The van der Waals surface area contributed by atoms with Crippen LogP contribution in [0.3, 0.4) is 0 Å². The lowest BCUT2D eigenvalue weighted by molar-refractivity contribution is 0.225. The molecule has 0 saturated carbocycles. The van der Waals surface area contributed by atoms with Crippen LogP contribution in [0.4, 0.5) is 11.4 Å². The van der Waals surface area contributed by atoms with Crippen molar-refractivity contribution in [3.05, 3.63) is 87.4 Å². The van der Waals surface area contributed by atoms with Crippen molar-refractivity contribution in [2.24, 2.45) is 5.18 Å². The standard InChI is InChI=1S/C24H21N3O3S/c1-30-17-6-2-14(3-7-17)23(28)24-22(19-10-11-25-13-21(19)31-24)26-16-5-8-18-15(12-16)4-9-20(18)27-29/h2-3,5-8,10-13,20,23,26,28H,4,9H2,1H3. The van der Waals surface area contributed by atoms with Crippen molar-refractivity contribution in [3.63, 3.8) is 0 Å². The van der Waals surface area contributed by atoms with Crippen LogP contribution in [0.25, 0.3) is 10.1 Å². The predicted octanol–water partition coefficient (Wildman–Crippen LogP) is 5.88. The summed E-state index contributed by atoms with van der Waals surface area (Å²) in [4.78, 5) is 16.1. The van der Waals surface area contributed by atoms with Crippen LogP contribution < -0.4 is 10.1 Å². The third-order valence-electron chi connectivity index (χ3n) is 5.79. The third kappa shape index (κ3) is 3.56. The van der Waals surface area contributed by atoms with Crippen molar-refractivity contribution in [2.45, 2.75) is 25.0 Å². The lowest BCUT2D eigenvalue weighted by Gasteiger charge is -2.15. The topological polar surface area (TPSA) is 83.8 Å². The van der Waals surface area contributed by atoms with E-state index >= 15 is 0 Å². The second-order valence-electron chi connectivity index (χ2n) is 7.59. The molecule has 0 fully saturated rings. The van der Waals surface area contributed by atoms with E-state index in [0.29, 0.717) is 0 Å². The molecule has 5 rings (SSSR count). The van der Waals surface area contributed by atoms with E-state index in [4.69, 9.17) is 4.74 Å². The van der Waals surface area contributed by atoms with Gasteiger partial charge in [0.1, 0.15) is 17.9 Å². The van der Waals surface area contributed by atoms with Gasteiger partial charge in [0, 0.05) is 23.5 Å². The Morgan fingerprint density at radius 1 is 1.23 bits per heavy atom. The highest BCUT2D eigenvalue weighted by Crippen LogP contribution is 2.43. The van der Waals surface area contributed by atoms with Crippen LogP contribution in [0.1, 0.15) is 40.1 Å². The quantitative estimate of drug-likeness (QED) is 0.372. The Morgan fingerprint density at radius 3 is 2.84 bits per heavy atom. The number of hydrogen-bond donors (Lipinski definition) is 2. The van der Waals surface area contributed by atoms with Crippen LogP contribution in [0.2, 0.25) is 0 Å². The van der Waals surface area contributed by atoms with E-state index in [0.717, 1.165) is 61.6 Å². The first-order chi connectivity index (χ1) is 15.2. The second kappa shape index (κ2) is 8.09. The average molecular weight is 432 g/mol. The number of aliphatic hydroxyl groups excluding tert-OH is 1. The Balaban J connectivity index is 1.54. The molecule has 2 heterocycles. The molecule has 2 N–H and O–H groups in total. The number of nitrogens with zero attached hydrogens (tertiary/aromatic N) is 2. The Kier molecular flexibility index (Phi) is 5.13. The van der Waals surface area contributed by atoms with Gasteiger partial charge in [-0.15, -0.1) is 11.3 Å². The van der Waals surface area contributed by atoms with E-state index in [1.165, 1.54) is 11.3 Å². The maximum absolute atomic E-state index is 11.2. The first kappa shape index (κ1) is 19.7. The highest BCUT2D eigenvalue weighted by molar-refractivity contribution is 7.19. The zero-order chi connectivity index (χ0) is 21.4. The fraction of sp³-hybridized carbons (Fsp3) is 0.208. The summed E-state index contributed by atoms with van der Waals surface area (Å²) >= 11 is 1.52. The van der Waals surface area contributed by atoms with Gasteiger partial charge in [0.2, 0.25) is 0 Å². The molecule has 7 heteroatoms. The molecule has 0 bridgehead atoms. The minimum atomic E-state index is -0.788. The van der Waals surface area contributed by atoms with Crippen molar-refractivity contribution in [1.29, 1.82) is 0 Å². The fourth-order valence-corrected chi connectivity index (χ4v) is 5.30. The summed E-state index contributed by atoms with van der Waals surface area (Å²) in [7, 11) is 1.62. The number of fused-ring (bicyclic) bond motifs is 2. The molecule has 156 valence electrons. The Bertz CT molecular complexity index is 1250. The number of rotatable bonds is 6.